The van der Waals surface area contributed by atoms with E-state index in [9.17, 15) is 9.59 Å². The summed E-state index contributed by atoms with van der Waals surface area (Å²) in [5.41, 5.74) is 1.12. The molecule has 0 heterocycles. The van der Waals surface area contributed by atoms with Crippen LogP contribution in [0.15, 0.2) is 28.7 Å². The minimum Gasteiger partial charge on any atom is -0.466 e. The molecule has 0 fully saturated rings. The van der Waals surface area contributed by atoms with Gasteiger partial charge < -0.3 is 9.47 Å². The monoisotopic (exact) mass is 412 g/mol. The fourth-order valence-corrected chi connectivity index (χ4v) is 2.83. The Hall–Kier alpha value is -1.36. The Morgan fingerprint density at radius 2 is 1.60 bits per heavy atom. The maximum absolute atomic E-state index is 11.7. The van der Waals surface area contributed by atoms with E-state index in [-0.39, 0.29) is 24.8 Å². The van der Waals surface area contributed by atoms with E-state index < -0.39 is 0 Å². The maximum atomic E-state index is 11.7. The number of carbonyl (C=O) groups excluding carboxylic acids is 2. The lowest BCUT2D eigenvalue weighted by atomic mass is 10.2. The van der Waals surface area contributed by atoms with Crippen molar-refractivity contribution in [1.82, 2.24) is 0 Å². The zero-order valence-electron chi connectivity index (χ0n) is 15.1. The quantitative estimate of drug-likeness (QED) is 0.329. The van der Waals surface area contributed by atoms with Crippen LogP contribution in [0.25, 0.3) is 0 Å². The summed E-state index contributed by atoms with van der Waals surface area (Å²) in [5.74, 6) is -0.486. The molecule has 1 rings (SSSR count). The zero-order valence-corrected chi connectivity index (χ0v) is 16.7. The van der Waals surface area contributed by atoms with Crippen LogP contribution in [0.5, 0.6) is 0 Å². The Balaban J connectivity index is 1.99. The van der Waals surface area contributed by atoms with E-state index in [1.165, 1.54) is 19.3 Å². The van der Waals surface area contributed by atoms with E-state index in [4.69, 9.17) is 9.47 Å². The Bertz CT molecular complexity index is 516. The summed E-state index contributed by atoms with van der Waals surface area (Å²) in [4.78, 5) is 23.2. The van der Waals surface area contributed by atoms with Gasteiger partial charge in [-0.25, -0.2) is 0 Å². The van der Waals surface area contributed by atoms with Gasteiger partial charge in [0.15, 0.2) is 0 Å². The minimum atomic E-state index is -0.262. The van der Waals surface area contributed by atoms with Gasteiger partial charge in [-0.3, -0.25) is 9.59 Å². The fraction of sp³-hybridized carbons (Fsp3) is 0.600. The van der Waals surface area contributed by atoms with Crippen LogP contribution in [0.1, 0.15) is 63.9 Å². The summed E-state index contributed by atoms with van der Waals surface area (Å²) in [5, 5.41) is 0. The SMILES string of the molecule is CCCCCCCOC(=O)CCCC(=O)OCCc1cccc(Br)c1. The third kappa shape index (κ3) is 11.8. The van der Waals surface area contributed by atoms with E-state index in [2.05, 4.69) is 22.9 Å². The third-order valence-electron chi connectivity index (χ3n) is 3.82. The number of hydrogen-bond donors (Lipinski definition) is 0. The average Bonchev–Trinajstić information content (AvgIpc) is 2.58. The highest BCUT2D eigenvalue weighted by Gasteiger charge is 2.07. The van der Waals surface area contributed by atoms with E-state index >= 15 is 0 Å². The van der Waals surface area contributed by atoms with Gasteiger partial charge >= 0.3 is 11.9 Å². The van der Waals surface area contributed by atoms with Crippen molar-refractivity contribution in [2.75, 3.05) is 13.2 Å². The highest BCUT2D eigenvalue weighted by atomic mass is 79.9. The summed E-state index contributed by atoms with van der Waals surface area (Å²) in [7, 11) is 0. The normalized spacial score (nSPS) is 10.5. The van der Waals surface area contributed by atoms with Gasteiger partial charge in [-0.15, -0.1) is 0 Å². The summed E-state index contributed by atoms with van der Waals surface area (Å²) < 4.78 is 11.4. The molecule has 0 N–H and O–H groups in total. The first-order valence-electron chi connectivity index (χ1n) is 9.17. The smallest absolute Gasteiger partial charge is 0.305 e. The molecule has 0 aliphatic carbocycles. The van der Waals surface area contributed by atoms with E-state index in [1.54, 1.807) is 0 Å². The lowest BCUT2D eigenvalue weighted by Gasteiger charge is -2.06. The highest BCUT2D eigenvalue weighted by Crippen LogP contribution is 2.12. The van der Waals surface area contributed by atoms with Crippen molar-refractivity contribution in [2.45, 2.75) is 64.7 Å². The zero-order chi connectivity index (χ0) is 18.3. The van der Waals surface area contributed by atoms with Gasteiger partial charge in [-0.05, 0) is 30.5 Å². The minimum absolute atomic E-state index is 0.225. The summed E-state index contributed by atoms with van der Waals surface area (Å²) in [6.45, 7) is 3.02. The van der Waals surface area contributed by atoms with Gasteiger partial charge in [0.1, 0.15) is 0 Å². The van der Waals surface area contributed by atoms with Gasteiger partial charge in [-0.1, -0.05) is 60.7 Å². The molecule has 0 saturated carbocycles. The molecule has 5 heteroatoms. The molecule has 0 unspecified atom stereocenters. The Kier molecular flexibility index (Phi) is 12.0. The first-order chi connectivity index (χ1) is 12.1. The molecule has 140 valence electrons. The van der Waals surface area contributed by atoms with Crippen molar-refractivity contribution < 1.29 is 19.1 Å². The van der Waals surface area contributed by atoms with Crippen molar-refractivity contribution >= 4 is 27.9 Å². The van der Waals surface area contributed by atoms with E-state index in [0.717, 1.165) is 22.9 Å². The number of rotatable bonds is 13. The maximum Gasteiger partial charge on any atom is 0.305 e. The van der Waals surface area contributed by atoms with Crippen molar-refractivity contribution in [3.8, 4) is 0 Å². The lowest BCUT2D eigenvalue weighted by molar-refractivity contribution is -0.145. The number of ether oxygens (including phenoxy) is 2. The molecule has 0 aliphatic heterocycles. The van der Waals surface area contributed by atoms with Gasteiger partial charge in [-0.2, -0.15) is 0 Å². The molecule has 0 radical (unpaired) electrons. The number of hydrogen-bond acceptors (Lipinski definition) is 4. The summed E-state index contributed by atoms with van der Waals surface area (Å²) in [6.07, 6.45) is 7.35. The first kappa shape index (κ1) is 21.7. The molecule has 1 aromatic carbocycles. The molecular formula is C20H29BrO4. The number of carbonyl (C=O) groups is 2. The largest absolute Gasteiger partial charge is 0.466 e. The van der Waals surface area contributed by atoms with Gasteiger partial charge in [0.2, 0.25) is 0 Å². The lowest BCUT2D eigenvalue weighted by Crippen LogP contribution is -2.10. The molecule has 0 saturated heterocycles. The molecule has 0 spiro atoms. The molecule has 25 heavy (non-hydrogen) atoms. The van der Waals surface area contributed by atoms with Gasteiger partial charge in [0.25, 0.3) is 0 Å². The van der Waals surface area contributed by atoms with Gasteiger partial charge in [0.05, 0.1) is 13.2 Å². The molecule has 0 aromatic heterocycles. The predicted octanol–water partition coefficient (Wildman–Crippen LogP) is 5.22. The molecule has 0 aliphatic rings. The standard InChI is InChI=1S/C20H29BrO4/c1-2-3-4-5-6-14-24-19(22)11-8-12-20(23)25-15-13-17-9-7-10-18(21)16-17/h7,9-10,16H,2-6,8,11-15H2,1H3. The van der Waals surface area contributed by atoms with Crippen LogP contribution in [0, 0.1) is 0 Å². The molecular weight excluding hydrogens is 384 g/mol. The van der Waals surface area contributed by atoms with Crippen LogP contribution >= 0.6 is 15.9 Å². The van der Waals surface area contributed by atoms with Crippen molar-refractivity contribution in [2.24, 2.45) is 0 Å². The molecule has 0 amide bonds. The number of esters is 2. The molecule has 0 bridgehead atoms. The molecule has 1 aromatic rings. The van der Waals surface area contributed by atoms with Crippen molar-refractivity contribution in [3.05, 3.63) is 34.3 Å². The average molecular weight is 413 g/mol. The second kappa shape index (κ2) is 13.9. The topological polar surface area (TPSA) is 52.6 Å². The van der Waals surface area contributed by atoms with Gasteiger partial charge in [0, 0.05) is 23.7 Å². The second-order valence-corrected chi connectivity index (χ2v) is 7.00. The van der Waals surface area contributed by atoms with Crippen LogP contribution < -0.4 is 0 Å². The van der Waals surface area contributed by atoms with Crippen LogP contribution in [0.4, 0.5) is 0 Å². The van der Waals surface area contributed by atoms with Crippen LogP contribution in [0.3, 0.4) is 0 Å². The third-order valence-corrected chi connectivity index (χ3v) is 4.31. The van der Waals surface area contributed by atoms with Crippen molar-refractivity contribution in [1.29, 1.82) is 0 Å². The van der Waals surface area contributed by atoms with E-state index in [0.29, 0.717) is 26.1 Å². The Morgan fingerprint density at radius 3 is 2.28 bits per heavy atom. The van der Waals surface area contributed by atoms with Crippen LogP contribution in [-0.4, -0.2) is 25.2 Å². The number of unbranched alkanes of at least 4 members (excludes halogenated alkanes) is 4. The second-order valence-electron chi connectivity index (χ2n) is 6.09. The number of halogens is 1. The fourth-order valence-electron chi connectivity index (χ4n) is 2.39. The van der Waals surface area contributed by atoms with E-state index in [1.807, 2.05) is 24.3 Å². The summed E-state index contributed by atoms with van der Waals surface area (Å²) in [6, 6.07) is 7.92. The van der Waals surface area contributed by atoms with Crippen LogP contribution in [0.2, 0.25) is 0 Å². The number of benzene rings is 1. The van der Waals surface area contributed by atoms with Crippen LogP contribution in [-0.2, 0) is 25.5 Å². The first-order valence-corrected chi connectivity index (χ1v) is 9.96. The Labute approximate surface area is 159 Å². The molecule has 4 nitrogen and oxygen atoms in total. The predicted molar refractivity (Wildman–Crippen MR) is 102 cm³/mol. The Morgan fingerprint density at radius 1 is 0.920 bits per heavy atom. The highest BCUT2D eigenvalue weighted by molar-refractivity contribution is 9.10. The summed E-state index contributed by atoms with van der Waals surface area (Å²) >= 11 is 3.41. The van der Waals surface area contributed by atoms with Crippen molar-refractivity contribution in [3.63, 3.8) is 0 Å². The molecule has 0 atom stereocenters.